The van der Waals surface area contributed by atoms with Gasteiger partial charge >= 0.3 is 0 Å². The highest BCUT2D eigenvalue weighted by Crippen LogP contribution is 2.18. The van der Waals surface area contributed by atoms with Crippen LogP contribution in [-0.2, 0) is 9.84 Å². The summed E-state index contributed by atoms with van der Waals surface area (Å²) in [7, 11) is -3.14. The van der Waals surface area contributed by atoms with Gasteiger partial charge in [0.2, 0.25) is 0 Å². The van der Waals surface area contributed by atoms with Crippen molar-refractivity contribution in [2.24, 2.45) is 0 Å². The zero-order valence-corrected chi connectivity index (χ0v) is 9.79. The fourth-order valence-corrected chi connectivity index (χ4v) is 4.13. The Morgan fingerprint density at radius 3 is 2.75 bits per heavy atom. The van der Waals surface area contributed by atoms with E-state index in [-0.39, 0.29) is 17.3 Å². The van der Waals surface area contributed by atoms with Crippen LogP contribution in [0, 0.1) is 0 Å². The Bertz CT molecular complexity index is 482. The number of halogens is 1. The lowest BCUT2D eigenvalue weighted by atomic mass is 10.2. The van der Waals surface area contributed by atoms with E-state index in [9.17, 15) is 13.2 Å². The molecule has 0 saturated carbocycles. The molecule has 2 rings (SSSR count). The third-order valence-electron chi connectivity index (χ3n) is 2.34. The zero-order chi connectivity index (χ0) is 11.8. The Labute approximate surface area is 97.7 Å². The van der Waals surface area contributed by atoms with Gasteiger partial charge in [0.25, 0.3) is 5.91 Å². The number of carbonyl (C=O) groups excluding carboxylic acids is 1. The molecule has 2 heterocycles. The number of sulfone groups is 1. The molecule has 1 saturated heterocycles. The van der Waals surface area contributed by atoms with Gasteiger partial charge in [-0.1, -0.05) is 0 Å². The number of nitrogens with one attached hydrogen (secondary N) is 1. The zero-order valence-electron chi connectivity index (χ0n) is 8.22. The first-order chi connectivity index (χ1) is 7.48. The minimum Gasteiger partial charge on any atom is -0.459 e. The molecule has 1 aromatic rings. The number of hydrogen-bond acceptors (Lipinski definition) is 4. The summed E-state index contributed by atoms with van der Waals surface area (Å²) in [5.74, 6) is -0.517. The quantitative estimate of drug-likeness (QED) is 0.785. The van der Waals surface area contributed by atoms with Crippen LogP contribution in [0.1, 0.15) is 10.6 Å². The van der Waals surface area contributed by atoms with Gasteiger partial charge in [0, 0.05) is 0 Å². The van der Waals surface area contributed by atoms with Crippen molar-refractivity contribution in [3.63, 3.8) is 0 Å². The lowest BCUT2D eigenvalue weighted by Gasteiger charge is -2.12. The normalized spacial score (nSPS) is 27.8. The lowest BCUT2D eigenvalue weighted by molar-refractivity contribution is 0.0913. The molecular weight excluding hydrogens is 254 g/mol. The number of carbonyl (C=O) groups is 1. The summed E-state index contributed by atoms with van der Waals surface area (Å²) < 4.78 is 27.4. The molecule has 1 fully saturated rings. The average molecular weight is 264 g/mol. The summed E-state index contributed by atoms with van der Waals surface area (Å²) in [6.45, 7) is 0. The molecule has 1 aromatic heterocycles. The highest BCUT2D eigenvalue weighted by molar-refractivity contribution is 7.91. The van der Waals surface area contributed by atoms with Crippen LogP contribution < -0.4 is 5.32 Å². The number of hydrogen-bond donors (Lipinski definition) is 1. The summed E-state index contributed by atoms with van der Waals surface area (Å²) in [6, 6.07) is 2.53. The first kappa shape index (κ1) is 11.5. The summed E-state index contributed by atoms with van der Waals surface area (Å²) in [6.07, 6.45) is 1.37. The van der Waals surface area contributed by atoms with Crippen molar-refractivity contribution in [2.45, 2.75) is 11.4 Å². The molecule has 0 aromatic carbocycles. The SMILES string of the molecule is O=C(N[C@@H]1CS(=O)(=O)C[C@H]1Cl)c1ccco1. The molecule has 2 atom stereocenters. The van der Waals surface area contributed by atoms with Gasteiger partial charge in [0.15, 0.2) is 15.6 Å². The molecule has 1 N–H and O–H groups in total. The van der Waals surface area contributed by atoms with Crippen molar-refractivity contribution in [3.8, 4) is 0 Å². The minimum atomic E-state index is -3.14. The third-order valence-corrected chi connectivity index (χ3v) is 4.72. The van der Waals surface area contributed by atoms with Crippen LogP contribution in [0.15, 0.2) is 22.8 Å². The molecule has 88 valence electrons. The molecule has 0 spiro atoms. The van der Waals surface area contributed by atoms with Crippen molar-refractivity contribution < 1.29 is 17.6 Å². The van der Waals surface area contributed by atoms with E-state index in [1.165, 1.54) is 12.3 Å². The second-order valence-corrected chi connectivity index (χ2v) is 6.36. The second kappa shape index (κ2) is 4.10. The van der Waals surface area contributed by atoms with E-state index in [2.05, 4.69) is 5.32 Å². The van der Waals surface area contributed by atoms with E-state index >= 15 is 0 Å². The van der Waals surface area contributed by atoms with Crippen LogP contribution in [0.5, 0.6) is 0 Å². The minimum absolute atomic E-state index is 0.0995. The summed E-state index contributed by atoms with van der Waals surface area (Å²) in [5, 5.41) is 1.96. The van der Waals surface area contributed by atoms with Crippen LogP contribution >= 0.6 is 11.6 Å². The Morgan fingerprint density at radius 1 is 1.50 bits per heavy atom. The molecule has 0 unspecified atom stereocenters. The molecule has 1 aliphatic heterocycles. The van der Waals surface area contributed by atoms with E-state index in [0.29, 0.717) is 0 Å². The monoisotopic (exact) mass is 263 g/mol. The molecule has 7 heteroatoms. The van der Waals surface area contributed by atoms with Crippen LogP contribution in [0.2, 0.25) is 0 Å². The van der Waals surface area contributed by atoms with E-state index < -0.39 is 27.2 Å². The van der Waals surface area contributed by atoms with Crippen LogP contribution in [0.25, 0.3) is 0 Å². The largest absolute Gasteiger partial charge is 0.459 e. The van der Waals surface area contributed by atoms with Crippen molar-refractivity contribution in [1.29, 1.82) is 0 Å². The van der Waals surface area contributed by atoms with E-state index in [0.717, 1.165) is 0 Å². The Kier molecular flexibility index (Phi) is 2.94. The third kappa shape index (κ3) is 2.38. The van der Waals surface area contributed by atoms with Gasteiger partial charge in [-0.15, -0.1) is 11.6 Å². The fraction of sp³-hybridized carbons (Fsp3) is 0.444. The number of furan rings is 1. The van der Waals surface area contributed by atoms with E-state index in [1.54, 1.807) is 6.07 Å². The average Bonchev–Trinajstić information content (AvgIpc) is 2.74. The Balaban J connectivity index is 2.04. The number of amides is 1. The Morgan fingerprint density at radius 2 is 2.25 bits per heavy atom. The molecule has 5 nitrogen and oxygen atoms in total. The summed E-state index contributed by atoms with van der Waals surface area (Å²) in [5.41, 5.74) is 0. The maximum atomic E-state index is 11.6. The standard InChI is InChI=1S/C9H10ClNO4S/c10-6-4-16(13,14)5-7(6)11-9(12)8-2-1-3-15-8/h1-3,6-7H,4-5H2,(H,11,12)/t6-,7-/m1/s1. The maximum Gasteiger partial charge on any atom is 0.287 e. The Hall–Kier alpha value is -1.01. The van der Waals surface area contributed by atoms with Crippen LogP contribution in [0.4, 0.5) is 0 Å². The molecule has 1 aliphatic rings. The fourth-order valence-electron chi connectivity index (χ4n) is 1.58. The van der Waals surface area contributed by atoms with Gasteiger partial charge < -0.3 is 9.73 Å². The van der Waals surface area contributed by atoms with Gasteiger partial charge in [-0.05, 0) is 12.1 Å². The van der Waals surface area contributed by atoms with Gasteiger partial charge in [-0.2, -0.15) is 0 Å². The van der Waals surface area contributed by atoms with E-state index in [4.69, 9.17) is 16.0 Å². The molecule has 16 heavy (non-hydrogen) atoms. The summed E-state index contributed by atoms with van der Waals surface area (Å²) in [4.78, 5) is 11.6. The smallest absolute Gasteiger partial charge is 0.287 e. The van der Waals surface area contributed by atoms with Crippen LogP contribution in [-0.4, -0.2) is 37.2 Å². The van der Waals surface area contributed by atoms with Gasteiger partial charge in [0.05, 0.1) is 29.2 Å². The lowest BCUT2D eigenvalue weighted by Crippen LogP contribution is -2.40. The second-order valence-electron chi connectivity index (χ2n) is 3.65. The van der Waals surface area contributed by atoms with Crippen molar-refractivity contribution in [1.82, 2.24) is 5.32 Å². The predicted molar refractivity (Wildman–Crippen MR) is 58.3 cm³/mol. The highest BCUT2D eigenvalue weighted by atomic mass is 35.5. The maximum absolute atomic E-state index is 11.6. The van der Waals surface area contributed by atoms with Crippen molar-refractivity contribution in [2.75, 3.05) is 11.5 Å². The van der Waals surface area contributed by atoms with Crippen LogP contribution in [0.3, 0.4) is 0 Å². The molecule has 0 bridgehead atoms. The molecule has 0 radical (unpaired) electrons. The number of rotatable bonds is 2. The first-order valence-corrected chi connectivity index (χ1v) is 6.92. The van der Waals surface area contributed by atoms with Gasteiger partial charge in [-0.3, -0.25) is 4.79 Å². The highest BCUT2D eigenvalue weighted by Gasteiger charge is 2.37. The number of alkyl halides is 1. The molecule has 0 aliphatic carbocycles. The summed E-state index contributed by atoms with van der Waals surface area (Å²) >= 11 is 5.84. The van der Waals surface area contributed by atoms with E-state index in [1.807, 2.05) is 0 Å². The molecular formula is C9H10ClNO4S. The molecule has 1 amide bonds. The van der Waals surface area contributed by atoms with Crippen molar-refractivity contribution >= 4 is 27.3 Å². The topological polar surface area (TPSA) is 76.4 Å². The van der Waals surface area contributed by atoms with Crippen molar-refractivity contribution in [3.05, 3.63) is 24.2 Å². The first-order valence-electron chi connectivity index (χ1n) is 4.67. The van der Waals surface area contributed by atoms with Gasteiger partial charge in [0.1, 0.15) is 0 Å². The van der Waals surface area contributed by atoms with Gasteiger partial charge in [-0.25, -0.2) is 8.42 Å². The predicted octanol–water partition coefficient (Wildman–Crippen LogP) is 0.414.